The third-order valence-corrected chi connectivity index (χ3v) is 3.53. The molecule has 0 heterocycles. The minimum atomic E-state index is -2.18. The van der Waals surface area contributed by atoms with Crippen molar-refractivity contribution in [3.63, 3.8) is 0 Å². The van der Waals surface area contributed by atoms with Crippen molar-refractivity contribution in [2.45, 2.75) is 5.33 Å². The van der Waals surface area contributed by atoms with E-state index in [4.69, 9.17) is 11.6 Å². The van der Waals surface area contributed by atoms with Gasteiger partial charge in [0, 0.05) is 10.4 Å². The fourth-order valence-electron chi connectivity index (χ4n) is 1.76. The molecule has 0 saturated carbocycles. The van der Waals surface area contributed by atoms with Crippen LogP contribution in [0.1, 0.15) is 5.56 Å². The Balaban J connectivity index is 2.83. The number of halogens is 7. The van der Waals surface area contributed by atoms with Crippen LogP contribution in [0.3, 0.4) is 0 Å². The smallest absolute Gasteiger partial charge is 0.200 e. The van der Waals surface area contributed by atoms with E-state index in [1.165, 1.54) is 18.2 Å². The van der Waals surface area contributed by atoms with E-state index in [0.29, 0.717) is 5.56 Å². The summed E-state index contributed by atoms with van der Waals surface area (Å²) in [5.74, 6) is -9.88. The molecule has 0 aromatic heterocycles. The minimum absolute atomic E-state index is 0.112. The predicted molar refractivity (Wildman–Crippen MR) is 69.3 cm³/mol. The highest BCUT2D eigenvalue weighted by Gasteiger charge is 2.27. The molecule has 7 heteroatoms. The summed E-state index contributed by atoms with van der Waals surface area (Å²) < 4.78 is 66.9. The fraction of sp³-hybridized carbons (Fsp3) is 0.0769. The Hall–Kier alpha value is -1.14. The van der Waals surface area contributed by atoms with Crippen molar-refractivity contribution in [2.24, 2.45) is 0 Å². The largest absolute Gasteiger partial charge is 0.203 e. The van der Waals surface area contributed by atoms with Crippen molar-refractivity contribution >= 4 is 27.5 Å². The molecule has 0 aliphatic rings. The van der Waals surface area contributed by atoms with Gasteiger partial charge in [-0.25, -0.2) is 22.0 Å². The Morgan fingerprint density at radius 2 is 1.35 bits per heavy atom. The van der Waals surface area contributed by atoms with Crippen molar-refractivity contribution in [3.05, 3.63) is 57.9 Å². The lowest BCUT2D eigenvalue weighted by molar-refractivity contribution is 0.381. The third-order valence-electron chi connectivity index (χ3n) is 2.69. The van der Waals surface area contributed by atoms with Crippen LogP contribution in [-0.4, -0.2) is 0 Å². The normalized spacial score (nSPS) is 10.9. The SMILES string of the molecule is Fc1c(F)c(F)c(-c2ccc(Cl)cc2CBr)c(F)c1F. The van der Waals surface area contributed by atoms with Crippen LogP contribution in [0, 0.1) is 29.1 Å². The zero-order valence-corrected chi connectivity index (χ0v) is 11.9. The molecule has 20 heavy (non-hydrogen) atoms. The summed E-state index contributed by atoms with van der Waals surface area (Å²) in [7, 11) is 0. The van der Waals surface area contributed by atoms with Gasteiger partial charge in [0.1, 0.15) is 0 Å². The van der Waals surface area contributed by atoms with Crippen molar-refractivity contribution < 1.29 is 22.0 Å². The van der Waals surface area contributed by atoms with Gasteiger partial charge in [-0.2, -0.15) is 0 Å². The molecule has 0 amide bonds. The Kier molecular flexibility index (Phi) is 4.34. The number of hydrogen-bond acceptors (Lipinski definition) is 0. The Labute approximate surface area is 124 Å². The molecule has 0 aliphatic heterocycles. The second kappa shape index (κ2) is 5.69. The van der Waals surface area contributed by atoms with E-state index >= 15 is 0 Å². The van der Waals surface area contributed by atoms with E-state index in [2.05, 4.69) is 15.9 Å². The molecular formula is C13H5BrClF5. The maximum atomic E-state index is 13.7. The highest BCUT2D eigenvalue weighted by molar-refractivity contribution is 9.08. The first-order valence-corrected chi connectivity index (χ1v) is 6.74. The van der Waals surface area contributed by atoms with Gasteiger partial charge in [-0.1, -0.05) is 33.6 Å². The first kappa shape index (κ1) is 15.3. The van der Waals surface area contributed by atoms with E-state index in [1.54, 1.807) is 0 Å². The zero-order valence-electron chi connectivity index (χ0n) is 9.58. The highest BCUT2D eigenvalue weighted by atomic mass is 79.9. The molecule has 2 rings (SSSR count). The van der Waals surface area contributed by atoms with Gasteiger partial charge in [-0.3, -0.25) is 0 Å². The lowest BCUT2D eigenvalue weighted by Gasteiger charge is -2.12. The minimum Gasteiger partial charge on any atom is -0.203 e. The van der Waals surface area contributed by atoms with Crippen LogP contribution in [0.15, 0.2) is 18.2 Å². The van der Waals surface area contributed by atoms with Gasteiger partial charge in [0.25, 0.3) is 0 Å². The summed E-state index contributed by atoms with van der Waals surface area (Å²) in [6.45, 7) is 0. The Morgan fingerprint density at radius 3 is 1.85 bits per heavy atom. The molecule has 2 aromatic rings. The molecule has 0 N–H and O–H groups in total. The molecule has 106 valence electrons. The second-order valence-electron chi connectivity index (χ2n) is 3.88. The second-order valence-corrected chi connectivity index (χ2v) is 4.88. The molecule has 0 fully saturated rings. The Bertz CT molecular complexity index is 658. The van der Waals surface area contributed by atoms with E-state index in [-0.39, 0.29) is 15.9 Å². The average molecular weight is 372 g/mol. The third kappa shape index (κ3) is 2.42. The molecular weight excluding hydrogens is 366 g/mol. The summed E-state index contributed by atoms with van der Waals surface area (Å²) in [6, 6.07) is 3.89. The van der Waals surface area contributed by atoms with Crippen LogP contribution >= 0.6 is 27.5 Å². The van der Waals surface area contributed by atoms with E-state index in [9.17, 15) is 22.0 Å². The van der Waals surface area contributed by atoms with Gasteiger partial charge >= 0.3 is 0 Å². The molecule has 2 aromatic carbocycles. The first-order valence-electron chi connectivity index (χ1n) is 5.24. The predicted octanol–water partition coefficient (Wildman–Crippen LogP) is 5.60. The van der Waals surface area contributed by atoms with E-state index < -0.39 is 34.6 Å². The van der Waals surface area contributed by atoms with Crippen molar-refractivity contribution in [1.29, 1.82) is 0 Å². The number of hydrogen-bond donors (Lipinski definition) is 0. The lowest BCUT2D eigenvalue weighted by Crippen LogP contribution is -2.05. The summed E-state index contributed by atoms with van der Waals surface area (Å²) in [6.07, 6.45) is 0. The number of alkyl halides is 1. The van der Waals surface area contributed by atoms with Gasteiger partial charge in [-0.05, 0) is 23.3 Å². The van der Waals surface area contributed by atoms with Crippen LogP contribution in [0.2, 0.25) is 5.02 Å². The van der Waals surface area contributed by atoms with Gasteiger partial charge in [-0.15, -0.1) is 0 Å². The van der Waals surface area contributed by atoms with Gasteiger partial charge in [0.2, 0.25) is 5.82 Å². The van der Waals surface area contributed by atoms with Gasteiger partial charge in [0.15, 0.2) is 23.3 Å². The molecule has 0 spiro atoms. The van der Waals surface area contributed by atoms with E-state index in [1.807, 2.05) is 0 Å². The van der Waals surface area contributed by atoms with Crippen LogP contribution in [0.25, 0.3) is 11.1 Å². The monoisotopic (exact) mass is 370 g/mol. The quantitative estimate of drug-likeness (QED) is 0.279. The van der Waals surface area contributed by atoms with Crippen LogP contribution in [0.5, 0.6) is 0 Å². The van der Waals surface area contributed by atoms with Gasteiger partial charge in [0.05, 0.1) is 5.56 Å². The summed E-state index contributed by atoms with van der Waals surface area (Å²) in [5.41, 5.74) is -0.771. The summed E-state index contributed by atoms with van der Waals surface area (Å²) >= 11 is 8.81. The molecule has 0 unspecified atom stereocenters. The maximum Gasteiger partial charge on any atom is 0.200 e. The van der Waals surface area contributed by atoms with Crippen LogP contribution in [-0.2, 0) is 5.33 Å². The van der Waals surface area contributed by atoms with Crippen LogP contribution in [0.4, 0.5) is 22.0 Å². The summed E-state index contributed by atoms with van der Waals surface area (Å²) in [5, 5.41) is 0.426. The molecule has 0 aliphatic carbocycles. The standard InChI is InChI=1S/C13H5BrClF5/c14-4-5-3-6(15)1-2-7(5)8-9(16)11(18)13(20)12(19)10(8)17/h1-3H,4H2. The molecule has 0 nitrogen and oxygen atoms in total. The maximum absolute atomic E-state index is 13.7. The number of benzene rings is 2. The molecule has 0 saturated heterocycles. The van der Waals surface area contributed by atoms with E-state index in [0.717, 1.165) is 0 Å². The topological polar surface area (TPSA) is 0 Å². The lowest BCUT2D eigenvalue weighted by atomic mass is 9.99. The van der Waals surface area contributed by atoms with Crippen molar-refractivity contribution in [3.8, 4) is 11.1 Å². The first-order chi connectivity index (χ1) is 9.38. The zero-order chi connectivity index (χ0) is 15.0. The highest BCUT2D eigenvalue weighted by Crippen LogP contribution is 2.35. The summed E-state index contributed by atoms with van der Waals surface area (Å²) in [4.78, 5) is 0. The van der Waals surface area contributed by atoms with Crippen LogP contribution < -0.4 is 0 Å². The average Bonchev–Trinajstić information content (AvgIpc) is 2.44. The molecule has 0 radical (unpaired) electrons. The van der Waals surface area contributed by atoms with Crippen molar-refractivity contribution in [1.82, 2.24) is 0 Å². The van der Waals surface area contributed by atoms with Gasteiger partial charge < -0.3 is 0 Å². The number of rotatable bonds is 2. The van der Waals surface area contributed by atoms with Crippen molar-refractivity contribution in [2.75, 3.05) is 0 Å². The fourth-order valence-corrected chi connectivity index (χ4v) is 2.42. The molecule has 0 atom stereocenters. The molecule has 0 bridgehead atoms. The Morgan fingerprint density at radius 1 is 0.850 bits per heavy atom.